The Bertz CT molecular complexity index is 1150. The molecule has 1 fully saturated rings. The maximum Gasteiger partial charge on any atom is 0.243 e. The van der Waals surface area contributed by atoms with E-state index in [1.54, 1.807) is 38.1 Å². The van der Waals surface area contributed by atoms with Crippen LogP contribution in [0.1, 0.15) is 43.4 Å². The van der Waals surface area contributed by atoms with Crippen molar-refractivity contribution in [3.8, 4) is 0 Å². The maximum atomic E-state index is 13.5. The maximum absolute atomic E-state index is 13.5. The van der Waals surface area contributed by atoms with E-state index in [-0.39, 0.29) is 24.7 Å². The predicted molar refractivity (Wildman–Crippen MR) is 135 cm³/mol. The molecule has 35 heavy (non-hydrogen) atoms. The van der Waals surface area contributed by atoms with E-state index in [0.717, 1.165) is 11.1 Å². The highest BCUT2D eigenvalue weighted by molar-refractivity contribution is 7.90. The van der Waals surface area contributed by atoms with Crippen LogP contribution in [0.5, 0.6) is 0 Å². The molecule has 0 saturated carbocycles. The summed E-state index contributed by atoms with van der Waals surface area (Å²) < 4.78 is 27.8. The molecule has 2 aromatic rings. The average molecular weight is 500 g/mol. The topological polar surface area (TPSA) is 145 Å². The third-order valence-corrected chi connectivity index (χ3v) is 7.93. The average Bonchev–Trinajstić information content (AvgIpc) is 3.32. The van der Waals surface area contributed by atoms with Gasteiger partial charge in [0.1, 0.15) is 17.9 Å². The van der Waals surface area contributed by atoms with Crippen LogP contribution in [0.15, 0.2) is 54.6 Å². The molecule has 9 nitrogen and oxygen atoms in total. The number of rotatable bonds is 10. The second-order valence-corrected chi connectivity index (χ2v) is 11.2. The van der Waals surface area contributed by atoms with E-state index >= 15 is 0 Å². The van der Waals surface area contributed by atoms with Gasteiger partial charge in [-0.25, -0.2) is 13.1 Å². The van der Waals surface area contributed by atoms with Crippen LogP contribution in [0, 0.1) is 5.41 Å². The monoisotopic (exact) mass is 499 g/mol. The number of carbonyl (C=O) groups is 2. The summed E-state index contributed by atoms with van der Waals surface area (Å²) in [4.78, 5) is 28.0. The zero-order valence-electron chi connectivity index (χ0n) is 20.0. The van der Waals surface area contributed by atoms with Gasteiger partial charge in [-0.05, 0) is 44.2 Å². The third-order valence-electron chi connectivity index (χ3n) is 6.08. The minimum atomic E-state index is -3.71. The second kappa shape index (κ2) is 11.5. The first kappa shape index (κ1) is 26.4. The van der Waals surface area contributed by atoms with Gasteiger partial charge in [-0.2, -0.15) is 0 Å². The number of nitrogens with one attached hydrogen (secondary N) is 3. The van der Waals surface area contributed by atoms with Crippen LogP contribution in [0.25, 0.3) is 0 Å². The van der Waals surface area contributed by atoms with Crippen molar-refractivity contribution in [3.63, 3.8) is 0 Å². The molecule has 0 bridgehead atoms. The molecule has 0 unspecified atom stereocenters. The van der Waals surface area contributed by atoms with Gasteiger partial charge in [-0.1, -0.05) is 54.6 Å². The van der Waals surface area contributed by atoms with Gasteiger partial charge in [0, 0.05) is 18.7 Å². The van der Waals surface area contributed by atoms with Crippen LogP contribution in [0.2, 0.25) is 0 Å². The Labute approximate surface area is 206 Å². The van der Waals surface area contributed by atoms with Crippen molar-refractivity contribution < 1.29 is 18.0 Å². The first-order chi connectivity index (χ1) is 16.6. The molecule has 1 aliphatic rings. The minimum absolute atomic E-state index is 0.0288. The number of sulfonamides is 1. The molecule has 0 radical (unpaired) electrons. The highest BCUT2D eigenvalue weighted by Crippen LogP contribution is 2.20. The molecule has 2 atom stereocenters. The molecule has 5 N–H and O–H groups in total. The fraction of sp³-hybridized carbons (Fsp3) is 0.400. The number of hydrogen-bond donors (Lipinski definition) is 4. The first-order valence-corrected chi connectivity index (χ1v) is 13.2. The molecule has 10 heteroatoms. The Morgan fingerprint density at radius 2 is 1.74 bits per heavy atom. The number of amidine groups is 1. The van der Waals surface area contributed by atoms with Gasteiger partial charge < -0.3 is 16.0 Å². The molecular formula is C25H33N5O4S. The van der Waals surface area contributed by atoms with Gasteiger partial charge in [-0.3, -0.25) is 15.0 Å². The molecule has 0 aromatic heterocycles. The summed E-state index contributed by atoms with van der Waals surface area (Å²) in [5, 5.41) is 9.64. The lowest BCUT2D eigenvalue weighted by Crippen LogP contribution is -2.54. The van der Waals surface area contributed by atoms with Crippen LogP contribution in [0.4, 0.5) is 0 Å². The summed E-state index contributed by atoms with van der Waals surface area (Å²) in [7, 11) is -3.71. The summed E-state index contributed by atoms with van der Waals surface area (Å²) in [5.74, 6) is -0.711. The van der Waals surface area contributed by atoms with Crippen LogP contribution in [-0.4, -0.2) is 54.8 Å². The Morgan fingerprint density at radius 1 is 1.09 bits per heavy atom. The Morgan fingerprint density at radius 3 is 2.34 bits per heavy atom. The molecule has 188 valence electrons. The lowest BCUT2D eigenvalue weighted by molar-refractivity contribution is -0.139. The van der Waals surface area contributed by atoms with Gasteiger partial charge >= 0.3 is 0 Å². The van der Waals surface area contributed by atoms with Crippen molar-refractivity contribution in [3.05, 3.63) is 71.3 Å². The van der Waals surface area contributed by atoms with E-state index in [4.69, 9.17) is 11.1 Å². The van der Waals surface area contributed by atoms with E-state index in [2.05, 4.69) is 10.0 Å². The Hall–Kier alpha value is -3.24. The fourth-order valence-electron chi connectivity index (χ4n) is 3.98. The number of nitrogens with two attached hydrogens (primary N) is 1. The second-order valence-electron chi connectivity index (χ2n) is 8.97. The summed E-state index contributed by atoms with van der Waals surface area (Å²) in [6, 6.07) is 14.5. The minimum Gasteiger partial charge on any atom is -0.384 e. The van der Waals surface area contributed by atoms with Gasteiger partial charge in [0.2, 0.25) is 21.8 Å². The standard InChI is InChI=1S/C25H33N5O4S/c1-17(2)35(33,34)29-21(15-18-7-4-3-5-8-18)25(32)30-14-6-9-22(30)24(31)28-16-19-10-12-20(13-11-19)23(26)27/h3-5,7-8,10-13,17,21-22,29H,6,9,14-16H2,1-2H3,(H3,26,27)(H,28,31)/t21-,22+/m1/s1. The highest BCUT2D eigenvalue weighted by Gasteiger charge is 2.38. The summed E-state index contributed by atoms with van der Waals surface area (Å²) >= 11 is 0. The molecule has 1 aliphatic heterocycles. The van der Waals surface area contributed by atoms with Crippen LogP contribution in [-0.2, 0) is 32.6 Å². The number of nitrogens with zero attached hydrogens (tertiary/aromatic N) is 1. The molecule has 0 aliphatic carbocycles. The van der Waals surface area contributed by atoms with Crippen molar-refractivity contribution in [2.24, 2.45) is 5.73 Å². The fourth-order valence-corrected chi connectivity index (χ4v) is 4.83. The van der Waals surface area contributed by atoms with E-state index in [1.165, 1.54) is 4.90 Å². The lowest BCUT2D eigenvalue weighted by atomic mass is 10.0. The molecule has 1 heterocycles. The van der Waals surface area contributed by atoms with Crippen LogP contribution < -0.4 is 15.8 Å². The zero-order chi connectivity index (χ0) is 25.6. The molecule has 1 saturated heterocycles. The van der Waals surface area contributed by atoms with Crippen molar-refractivity contribution in [1.29, 1.82) is 5.41 Å². The third kappa shape index (κ3) is 6.89. The molecule has 0 spiro atoms. The van der Waals surface area contributed by atoms with E-state index in [0.29, 0.717) is 24.9 Å². The number of hydrogen-bond acceptors (Lipinski definition) is 5. The first-order valence-electron chi connectivity index (χ1n) is 11.6. The van der Waals surface area contributed by atoms with E-state index < -0.39 is 33.3 Å². The van der Waals surface area contributed by atoms with Crippen molar-refractivity contribution in [2.45, 2.75) is 57.0 Å². The number of nitrogen functional groups attached to an aromatic ring is 1. The number of amides is 2. The number of benzene rings is 2. The Kier molecular flexibility index (Phi) is 8.63. The van der Waals surface area contributed by atoms with E-state index in [9.17, 15) is 18.0 Å². The van der Waals surface area contributed by atoms with E-state index in [1.807, 2.05) is 30.3 Å². The Balaban J connectivity index is 1.72. The molecule has 2 aromatic carbocycles. The largest absolute Gasteiger partial charge is 0.384 e. The van der Waals surface area contributed by atoms with Crippen molar-refractivity contribution in [1.82, 2.24) is 14.9 Å². The predicted octanol–water partition coefficient (Wildman–Crippen LogP) is 1.52. The molecule has 2 amide bonds. The van der Waals surface area contributed by atoms with Crippen molar-refractivity contribution in [2.75, 3.05) is 6.54 Å². The van der Waals surface area contributed by atoms with Crippen LogP contribution in [0.3, 0.4) is 0 Å². The van der Waals surface area contributed by atoms with Crippen molar-refractivity contribution >= 4 is 27.7 Å². The molecule has 3 rings (SSSR count). The summed E-state index contributed by atoms with van der Waals surface area (Å²) in [6.45, 7) is 3.77. The smallest absolute Gasteiger partial charge is 0.243 e. The summed E-state index contributed by atoms with van der Waals surface area (Å²) in [6.07, 6.45) is 1.36. The van der Waals surface area contributed by atoms with Gasteiger partial charge in [0.05, 0.1) is 5.25 Å². The summed E-state index contributed by atoms with van der Waals surface area (Å²) in [5.41, 5.74) is 7.74. The number of carbonyl (C=O) groups excluding carboxylic acids is 2. The lowest BCUT2D eigenvalue weighted by Gasteiger charge is -2.29. The van der Waals surface area contributed by atoms with Gasteiger partial charge in [-0.15, -0.1) is 0 Å². The number of likely N-dealkylation sites (tertiary alicyclic amines) is 1. The van der Waals surface area contributed by atoms with Gasteiger partial charge in [0.25, 0.3) is 0 Å². The van der Waals surface area contributed by atoms with Crippen LogP contribution >= 0.6 is 0 Å². The highest BCUT2D eigenvalue weighted by atomic mass is 32.2. The SMILES string of the molecule is CC(C)S(=O)(=O)N[C@H](Cc1ccccc1)C(=O)N1CCC[C@H]1C(=O)NCc1ccc(C(=N)N)cc1. The normalized spacial score (nSPS) is 16.8. The zero-order valence-corrected chi connectivity index (χ0v) is 20.8. The van der Waals surface area contributed by atoms with Gasteiger partial charge in [0.15, 0.2) is 0 Å². The quantitative estimate of drug-likeness (QED) is 0.289. The molecular weight excluding hydrogens is 466 g/mol.